The van der Waals surface area contributed by atoms with Gasteiger partial charge in [-0.05, 0) is 37.7 Å². The maximum Gasteiger partial charge on any atom is 0.265 e. The quantitative estimate of drug-likeness (QED) is 0.691. The number of rotatable bonds is 6. The molecule has 2 amide bonds. The standard InChI is InChI=1S/C24H32N4O2S/c1-19-23(31-18-25-19)24(30)28-11-5-8-21(17-28)9-10-22(29)27-14-12-26(13-15-27)16-20-6-3-2-4-7-20/h2-4,6-7,18,21H,5,8-17H2,1H3/t21-/m1/s1. The molecule has 2 aliphatic rings. The first-order valence-corrected chi connectivity index (χ1v) is 12.2. The van der Waals surface area contributed by atoms with Crippen LogP contribution in [0.4, 0.5) is 0 Å². The second kappa shape index (κ2) is 10.4. The van der Waals surface area contributed by atoms with Crippen LogP contribution in [0, 0.1) is 12.8 Å². The molecule has 0 saturated carbocycles. The SMILES string of the molecule is Cc1ncsc1C(=O)N1CCC[C@H](CCC(=O)N2CCN(Cc3ccccc3)CC2)C1. The lowest BCUT2D eigenvalue weighted by molar-refractivity contribution is -0.133. The average molecular weight is 441 g/mol. The van der Waals surface area contributed by atoms with Crippen LogP contribution in [0.15, 0.2) is 35.8 Å². The Morgan fingerprint density at radius 3 is 2.55 bits per heavy atom. The first kappa shape index (κ1) is 22.0. The molecule has 0 aliphatic carbocycles. The third-order valence-electron chi connectivity index (χ3n) is 6.49. The monoisotopic (exact) mass is 440 g/mol. The van der Waals surface area contributed by atoms with E-state index in [-0.39, 0.29) is 11.8 Å². The summed E-state index contributed by atoms with van der Waals surface area (Å²) in [6.07, 6.45) is 3.57. The Labute approximate surface area is 188 Å². The van der Waals surface area contributed by atoms with Crippen molar-refractivity contribution in [1.82, 2.24) is 19.7 Å². The summed E-state index contributed by atoms with van der Waals surface area (Å²) in [6.45, 7) is 7.90. The molecule has 6 nitrogen and oxygen atoms in total. The Morgan fingerprint density at radius 1 is 1.06 bits per heavy atom. The predicted molar refractivity (Wildman–Crippen MR) is 123 cm³/mol. The molecule has 3 heterocycles. The number of piperidine rings is 1. The van der Waals surface area contributed by atoms with Crippen LogP contribution in [0.3, 0.4) is 0 Å². The maximum atomic E-state index is 12.8. The second-order valence-electron chi connectivity index (χ2n) is 8.71. The lowest BCUT2D eigenvalue weighted by Crippen LogP contribution is -2.48. The molecule has 0 unspecified atom stereocenters. The molecule has 31 heavy (non-hydrogen) atoms. The average Bonchev–Trinajstić information content (AvgIpc) is 3.24. The minimum atomic E-state index is 0.102. The van der Waals surface area contributed by atoms with Crippen molar-refractivity contribution in [1.29, 1.82) is 0 Å². The molecule has 2 aliphatic heterocycles. The van der Waals surface area contributed by atoms with Gasteiger partial charge in [0.2, 0.25) is 5.91 Å². The molecule has 4 rings (SSSR count). The van der Waals surface area contributed by atoms with Gasteiger partial charge in [0.25, 0.3) is 5.91 Å². The van der Waals surface area contributed by atoms with E-state index in [2.05, 4.69) is 34.1 Å². The van der Waals surface area contributed by atoms with Crippen molar-refractivity contribution in [3.63, 3.8) is 0 Å². The lowest BCUT2D eigenvalue weighted by atomic mass is 9.93. The van der Waals surface area contributed by atoms with E-state index in [9.17, 15) is 9.59 Å². The van der Waals surface area contributed by atoms with Gasteiger partial charge in [-0.15, -0.1) is 11.3 Å². The van der Waals surface area contributed by atoms with Gasteiger partial charge in [0.1, 0.15) is 4.88 Å². The van der Waals surface area contributed by atoms with Crippen molar-refractivity contribution in [3.8, 4) is 0 Å². The Morgan fingerprint density at radius 2 is 1.84 bits per heavy atom. The number of carbonyl (C=O) groups is 2. The third-order valence-corrected chi connectivity index (χ3v) is 7.40. The number of benzene rings is 1. The smallest absolute Gasteiger partial charge is 0.265 e. The Bertz CT molecular complexity index is 877. The van der Waals surface area contributed by atoms with Gasteiger partial charge < -0.3 is 9.80 Å². The molecule has 2 aromatic rings. The Hall–Kier alpha value is -2.25. The maximum absolute atomic E-state index is 12.8. The molecule has 1 aromatic carbocycles. The number of nitrogens with zero attached hydrogens (tertiary/aromatic N) is 4. The number of hydrogen-bond donors (Lipinski definition) is 0. The molecule has 7 heteroatoms. The normalized spacial score (nSPS) is 20.1. The molecular formula is C24H32N4O2S. The predicted octanol–water partition coefficient (Wildman–Crippen LogP) is 3.43. The van der Waals surface area contributed by atoms with E-state index < -0.39 is 0 Å². The van der Waals surface area contributed by atoms with Crippen molar-refractivity contribution >= 4 is 23.2 Å². The number of piperazine rings is 1. The highest BCUT2D eigenvalue weighted by Gasteiger charge is 2.28. The first-order valence-electron chi connectivity index (χ1n) is 11.3. The van der Waals surface area contributed by atoms with Crippen molar-refractivity contribution in [2.24, 2.45) is 5.92 Å². The van der Waals surface area contributed by atoms with Gasteiger partial charge in [0, 0.05) is 52.2 Å². The highest BCUT2D eigenvalue weighted by Crippen LogP contribution is 2.25. The largest absolute Gasteiger partial charge is 0.340 e. The zero-order valence-electron chi connectivity index (χ0n) is 18.3. The lowest BCUT2D eigenvalue weighted by Gasteiger charge is -2.36. The molecule has 2 fully saturated rings. The van der Waals surface area contributed by atoms with Gasteiger partial charge in [-0.25, -0.2) is 4.98 Å². The number of carbonyl (C=O) groups excluding carboxylic acids is 2. The summed E-state index contributed by atoms with van der Waals surface area (Å²) in [5.41, 5.74) is 3.88. The summed E-state index contributed by atoms with van der Waals surface area (Å²) in [7, 11) is 0. The molecular weight excluding hydrogens is 408 g/mol. The van der Waals surface area contributed by atoms with Gasteiger partial charge in [0.15, 0.2) is 0 Å². The van der Waals surface area contributed by atoms with Crippen molar-refractivity contribution < 1.29 is 9.59 Å². The molecule has 166 valence electrons. The summed E-state index contributed by atoms with van der Waals surface area (Å²) in [6, 6.07) is 10.5. The molecule has 0 spiro atoms. The van der Waals surface area contributed by atoms with Gasteiger partial charge in [-0.1, -0.05) is 30.3 Å². The van der Waals surface area contributed by atoms with Gasteiger partial charge in [-0.3, -0.25) is 14.5 Å². The Kier molecular flexibility index (Phi) is 7.35. The number of thiazole rings is 1. The number of aromatic nitrogens is 1. The molecule has 0 N–H and O–H groups in total. The fourth-order valence-electron chi connectivity index (χ4n) is 4.62. The van der Waals surface area contributed by atoms with Crippen molar-refractivity contribution in [2.45, 2.75) is 39.2 Å². The second-order valence-corrected chi connectivity index (χ2v) is 9.56. The zero-order valence-corrected chi connectivity index (χ0v) is 19.1. The Balaban J connectivity index is 1.20. The van der Waals surface area contributed by atoms with Crippen LogP contribution in [-0.2, 0) is 11.3 Å². The van der Waals surface area contributed by atoms with E-state index in [1.165, 1.54) is 16.9 Å². The minimum absolute atomic E-state index is 0.102. The van der Waals surface area contributed by atoms with E-state index in [1.54, 1.807) is 5.51 Å². The van der Waals surface area contributed by atoms with Crippen LogP contribution in [0.1, 0.15) is 46.6 Å². The van der Waals surface area contributed by atoms with Crippen molar-refractivity contribution in [2.75, 3.05) is 39.3 Å². The first-order chi connectivity index (χ1) is 15.1. The number of likely N-dealkylation sites (tertiary alicyclic amines) is 1. The summed E-state index contributed by atoms with van der Waals surface area (Å²) in [4.78, 5) is 36.9. The van der Waals surface area contributed by atoms with Gasteiger partial charge >= 0.3 is 0 Å². The van der Waals surface area contributed by atoms with E-state index >= 15 is 0 Å². The van der Waals surface area contributed by atoms with E-state index in [0.29, 0.717) is 12.3 Å². The highest BCUT2D eigenvalue weighted by atomic mass is 32.1. The highest BCUT2D eigenvalue weighted by molar-refractivity contribution is 7.11. The van der Waals surface area contributed by atoms with Crippen LogP contribution in [0.5, 0.6) is 0 Å². The fourth-order valence-corrected chi connectivity index (χ4v) is 5.39. The summed E-state index contributed by atoms with van der Waals surface area (Å²) >= 11 is 1.42. The topological polar surface area (TPSA) is 56.8 Å². The molecule has 1 aromatic heterocycles. The number of amides is 2. The summed E-state index contributed by atoms with van der Waals surface area (Å²) in [5.74, 6) is 0.779. The summed E-state index contributed by atoms with van der Waals surface area (Å²) < 4.78 is 0. The fraction of sp³-hybridized carbons (Fsp3) is 0.542. The number of hydrogen-bond acceptors (Lipinski definition) is 5. The van der Waals surface area contributed by atoms with E-state index in [1.807, 2.05) is 22.8 Å². The van der Waals surface area contributed by atoms with E-state index in [4.69, 9.17) is 0 Å². The van der Waals surface area contributed by atoms with E-state index in [0.717, 1.165) is 75.6 Å². The van der Waals surface area contributed by atoms with Crippen LogP contribution in [0.2, 0.25) is 0 Å². The van der Waals surface area contributed by atoms with Crippen molar-refractivity contribution in [3.05, 3.63) is 52.0 Å². The molecule has 0 radical (unpaired) electrons. The van der Waals surface area contributed by atoms with Crippen LogP contribution in [-0.4, -0.2) is 70.8 Å². The summed E-state index contributed by atoms with van der Waals surface area (Å²) in [5, 5.41) is 0. The van der Waals surface area contributed by atoms with Crippen LogP contribution >= 0.6 is 11.3 Å². The third kappa shape index (κ3) is 5.71. The molecule has 0 bridgehead atoms. The molecule has 1 atom stereocenters. The van der Waals surface area contributed by atoms with Crippen LogP contribution < -0.4 is 0 Å². The molecule has 2 saturated heterocycles. The van der Waals surface area contributed by atoms with Gasteiger partial charge in [0.05, 0.1) is 11.2 Å². The minimum Gasteiger partial charge on any atom is -0.340 e. The van der Waals surface area contributed by atoms with Gasteiger partial charge in [-0.2, -0.15) is 0 Å². The van der Waals surface area contributed by atoms with Crippen LogP contribution in [0.25, 0.3) is 0 Å². The zero-order chi connectivity index (χ0) is 21.6. The number of aryl methyl sites for hydroxylation is 1.